The quantitative estimate of drug-likeness (QED) is 0.530. The van der Waals surface area contributed by atoms with E-state index in [-0.39, 0.29) is 27.7 Å². The molecule has 4 rings (SSSR count). The fourth-order valence-corrected chi connectivity index (χ4v) is 3.55. The van der Waals surface area contributed by atoms with Gasteiger partial charge in [0.2, 0.25) is 0 Å². The summed E-state index contributed by atoms with van der Waals surface area (Å²) in [6.07, 6.45) is 2.44. The summed E-state index contributed by atoms with van der Waals surface area (Å²) in [6, 6.07) is 6.56. The van der Waals surface area contributed by atoms with Crippen LogP contribution in [0.2, 0.25) is 5.02 Å². The number of fused-ring (bicyclic) bond motifs is 1. The number of nitrogens with zero attached hydrogens (tertiary/aromatic N) is 2. The molecular weight excluding hydrogens is 446 g/mol. The van der Waals surface area contributed by atoms with E-state index in [1.807, 2.05) is 0 Å². The highest BCUT2D eigenvalue weighted by Gasteiger charge is 2.31. The van der Waals surface area contributed by atoms with Gasteiger partial charge in [0.25, 0.3) is 5.91 Å². The Bertz CT molecular complexity index is 1270. The number of benzene rings is 2. The maximum Gasteiger partial charge on any atom is 0.352 e. The molecule has 0 fully saturated rings. The number of aromatic nitrogens is 2. The number of aliphatic carboxylic acids is 1. The van der Waals surface area contributed by atoms with E-state index in [2.05, 4.69) is 15.7 Å². The van der Waals surface area contributed by atoms with Gasteiger partial charge in [0.05, 0.1) is 18.3 Å². The minimum atomic E-state index is -1.32. The highest BCUT2D eigenvalue weighted by Crippen LogP contribution is 2.34. The Hall–Kier alpha value is -3.92. The number of carbonyl (C=O) groups excluding carboxylic acids is 1. The fourth-order valence-electron chi connectivity index (χ4n) is 3.29. The normalized spacial score (nSPS) is 14.8. The number of hydrogen-bond acceptors (Lipinski definition) is 5. The molecule has 0 saturated carbocycles. The van der Waals surface area contributed by atoms with Gasteiger partial charge in [-0.2, -0.15) is 5.10 Å². The van der Waals surface area contributed by atoms with Crippen molar-refractivity contribution in [2.24, 2.45) is 0 Å². The number of nitrogens with one attached hydrogen (secondary N) is 2. The molecule has 11 heteroatoms. The highest BCUT2D eigenvalue weighted by atomic mass is 35.5. The molecule has 8 nitrogen and oxygen atoms in total. The van der Waals surface area contributed by atoms with Crippen LogP contribution in [0.25, 0.3) is 0 Å². The number of allylic oxidation sites excluding steroid dienone is 1. The average molecular weight is 461 g/mol. The summed E-state index contributed by atoms with van der Waals surface area (Å²) < 4.78 is 34.1. The van der Waals surface area contributed by atoms with Crippen LogP contribution in [0.1, 0.15) is 22.0 Å². The van der Waals surface area contributed by atoms with Crippen LogP contribution in [0, 0.1) is 11.6 Å². The van der Waals surface area contributed by atoms with Crippen LogP contribution in [-0.4, -0.2) is 33.9 Å². The first-order chi connectivity index (χ1) is 15.3. The Labute approximate surface area is 185 Å². The maximum atomic E-state index is 14.4. The Morgan fingerprint density at radius 1 is 1.25 bits per heavy atom. The first-order valence-electron chi connectivity index (χ1n) is 9.18. The van der Waals surface area contributed by atoms with Crippen molar-refractivity contribution in [3.05, 3.63) is 82.2 Å². The summed E-state index contributed by atoms with van der Waals surface area (Å²) in [5.41, 5.74) is 0.0844. The lowest BCUT2D eigenvalue weighted by Crippen LogP contribution is -2.26. The molecule has 32 heavy (non-hydrogen) atoms. The second-order valence-corrected chi connectivity index (χ2v) is 7.18. The number of ether oxygens (including phenoxy) is 1. The molecule has 0 saturated heterocycles. The molecule has 2 heterocycles. The summed E-state index contributed by atoms with van der Waals surface area (Å²) in [4.78, 5) is 24.5. The minimum Gasteiger partial charge on any atom is -0.495 e. The van der Waals surface area contributed by atoms with E-state index in [9.17, 15) is 23.5 Å². The number of anilines is 2. The van der Waals surface area contributed by atoms with Gasteiger partial charge in [-0.1, -0.05) is 17.7 Å². The number of carboxylic acids is 1. The molecule has 1 unspecified atom stereocenters. The van der Waals surface area contributed by atoms with Crippen molar-refractivity contribution in [3.63, 3.8) is 0 Å². The van der Waals surface area contributed by atoms with E-state index in [1.165, 1.54) is 36.2 Å². The van der Waals surface area contributed by atoms with Crippen LogP contribution in [0.5, 0.6) is 5.75 Å². The van der Waals surface area contributed by atoms with Gasteiger partial charge in [-0.25, -0.2) is 18.3 Å². The van der Waals surface area contributed by atoms with E-state index in [0.717, 1.165) is 6.07 Å². The number of amides is 1. The third-order valence-electron chi connectivity index (χ3n) is 4.80. The fraction of sp³-hybridized carbons (Fsp3) is 0.0952. The van der Waals surface area contributed by atoms with E-state index >= 15 is 0 Å². The van der Waals surface area contributed by atoms with Crippen molar-refractivity contribution in [1.82, 2.24) is 9.78 Å². The molecular formula is C21H15ClF2N4O4. The van der Waals surface area contributed by atoms with Crippen molar-refractivity contribution < 1.29 is 28.2 Å². The van der Waals surface area contributed by atoms with Gasteiger partial charge in [0.1, 0.15) is 40.5 Å². The molecule has 1 atom stereocenters. The van der Waals surface area contributed by atoms with Crippen LogP contribution in [0.15, 0.2) is 54.4 Å². The lowest BCUT2D eigenvalue weighted by Gasteiger charge is -2.24. The molecule has 0 radical (unpaired) electrons. The smallest absolute Gasteiger partial charge is 0.352 e. The molecule has 1 aromatic heterocycles. The number of halogens is 3. The third-order valence-corrected chi connectivity index (χ3v) is 5.10. The predicted molar refractivity (Wildman–Crippen MR) is 112 cm³/mol. The Morgan fingerprint density at radius 2 is 2.03 bits per heavy atom. The van der Waals surface area contributed by atoms with Crippen molar-refractivity contribution in [1.29, 1.82) is 0 Å². The minimum absolute atomic E-state index is 0.00936. The van der Waals surface area contributed by atoms with Gasteiger partial charge in [-0.3, -0.25) is 4.79 Å². The number of hydrogen-bond donors (Lipinski definition) is 3. The number of carbonyl (C=O) groups is 2. The third kappa shape index (κ3) is 3.87. The van der Waals surface area contributed by atoms with Crippen LogP contribution in [0.4, 0.5) is 20.3 Å². The van der Waals surface area contributed by atoms with Gasteiger partial charge >= 0.3 is 5.97 Å². The Morgan fingerprint density at radius 3 is 2.69 bits per heavy atom. The summed E-state index contributed by atoms with van der Waals surface area (Å²) in [5.74, 6) is -3.12. The van der Waals surface area contributed by atoms with Gasteiger partial charge in [0.15, 0.2) is 0 Å². The summed E-state index contributed by atoms with van der Waals surface area (Å²) >= 11 is 6.08. The molecule has 0 spiro atoms. The zero-order chi connectivity index (χ0) is 23.0. The summed E-state index contributed by atoms with van der Waals surface area (Å²) in [7, 11) is 1.46. The Balaban J connectivity index is 1.71. The molecule has 3 N–H and O–H groups in total. The number of carboxylic acid groups (broad SMARTS) is 1. The van der Waals surface area contributed by atoms with Gasteiger partial charge in [-0.05, 0) is 30.3 Å². The maximum absolute atomic E-state index is 14.4. The largest absolute Gasteiger partial charge is 0.495 e. The van der Waals surface area contributed by atoms with E-state index in [0.29, 0.717) is 17.5 Å². The van der Waals surface area contributed by atoms with Gasteiger partial charge < -0.3 is 20.5 Å². The van der Waals surface area contributed by atoms with Crippen LogP contribution < -0.4 is 15.4 Å². The molecule has 1 amide bonds. The summed E-state index contributed by atoms with van der Waals surface area (Å²) in [6.45, 7) is 0. The topological polar surface area (TPSA) is 105 Å². The Kier molecular flexibility index (Phi) is 5.54. The van der Waals surface area contributed by atoms with Crippen molar-refractivity contribution >= 4 is 35.0 Å². The second kappa shape index (κ2) is 8.31. The van der Waals surface area contributed by atoms with Crippen molar-refractivity contribution in [2.45, 2.75) is 6.04 Å². The molecule has 0 aliphatic carbocycles. The van der Waals surface area contributed by atoms with Gasteiger partial charge in [-0.15, -0.1) is 0 Å². The SMILES string of the molecule is COc1ccc(NC(=O)c2cnn3c2NC(C(=O)O)=CC3c2ccc(F)cc2F)cc1Cl. The lowest BCUT2D eigenvalue weighted by molar-refractivity contribution is -0.132. The van der Waals surface area contributed by atoms with E-state index < -0.39 is 29.6 Å². The predicted octanol–water partition coefficient (Wildman–Crippen LogP) is 4.06. The summed E-state index contributed by atoms with van der Waals surface area (Å²) in [5, 5.41) is 19.2. The van der Waals surface area contributed by atoms with Gasteiger partial charge in [0, 0.05) is 17.3 Å². The first kappa shape index (κ1) is 21.3. The molecule has 0 bridgehead atoms. The monoisotopic (exact) mass is 460 g/mol. The molecule has 1 aliphatic rings. The molecule has 2 aromatic carbocycles. The molecule has 3 aromatic rings. The highest BCUT2D eigenvalue weighted by molar-refractivity contribution is 6.32. The standard InChI is InChI=1S/C21H15ClF2N4O4/c1-32-18-5-3-11(7-14(18)22)26-20(29)13-9-25-28-17(8-16(21(30)31)27-19(13)28)12-4-2-10(23)6-15(12)24/h2-9,17,27H,1H3,(H,26,29)(H,30,31). The van der Waals surface area contributed by atoms with E-state index in [1.54, 1.807) is 12.1 Å². The first-order valence-corrected chi connectivity index (χ1v) is 9.55. The van der Waals surface area contributed by atoms with Crippen LogP contribution in [0.3, 0.4) is 0 Å². The zero-order valence-corrected chi connectivity index (χ0v) is 17.2. The lowest BCUT2D eigenvalue weighted by atomic mass is 10.0. The number of rotatable bonds is 5. The number of methoxy groups -OCH3 is 1. The zero-order valence-electron chi connectivity index (χ0n) is 16.4. The second-order valence-electron chi connectivity index (χ2n) is 6.78. The van der Waals surface area contributed by atoms with E-state index in [4.69, 9.17) is 16.3 Å². The molecule has 164 valence electrons. The van der Waals surface area contributed by atoms with Crippen LogP contribution >= 0.6 is 11.6 Å². The molecule has 1 aliphatic heterocycles. The van der Waals surface area contributed by atoms with Crippen LogP contribution in [-0.2, 0) is 4.79 Å². The van der Waals surface area contributed by atoms with Crippen molar-refractivity contribution in [3.8, 4) is 5.75 Å². The average Bonchev–Trinajstić information content (AvgIpc) is 3.17. The van der Waals surface area contributed by atoms with Crippen molar-refractivity contribution in [2.75, 3.05) is 17.7 Å².